The van der Waals surface area contributed by atoms with Crippen LogP contribution in [0.25, 0.3) is 0 Å². The SMILES string of the molecule is CC(C)CNC(=O)CNC(=O)[C@@H]1CCCCN1. The van der Waals surface area contributed by atoms with Gasteiger partial charge in [0.05, 0.1) is 12.6 Å². The average Bonchev–Trinajstić information content (AvgIpc) is 2.34. The minimum atomic E-state index is -0.123. The van der Waals surface area contributed by atoms with E-state index in [1.165, 1.54) is 0 Å². The molecule has 2 amide bonds. The minimum absolute atomic E-state index is 0.0654. The zero-order valence-electron chi connectivity index (χ0n) is 10.7. The third kappa shape index (κ3) is 5.68. The van der Waals surface area contributed by atoms with E-state index in [-0.39, 0.29) is 24.4 Å². The Morgan fingerprint density at radius 1 is 1.29 bits per heavy atom. The topological polar surface area (TPSA) is 70.2 Å². The first-order valence-electron chi connectivity index (χ1n) is 6.37. The van der Waals surface area contributed by atoms with E-state index in [1.54, 1.807) is 0 Å². The highest BCUT2D eigenvalue weighted by molar-refractivity contribution is 5.87. The smallest absolute Gasteiger partial charge is 0.239 e. The molecule has 0 spiro atoms. The number of carbonyl (C=O) groups excluding carboxylic acids is 2. The van der Waals surface area contributed by atoms with Gasteiger partial charge in [-0.3, -0.25) is 9.59 Å². The molecule has 3 N–H and O–H groups in total. The highest BCUT2D eigenvalue weighted by Gasteiger charge is 2.20. The van der Waals surface area contributed by atoms with Crippen LogP contribution in [0.5, 0.6) is 0 Å². The lowest BCUT2D eigenvalue weighted by Crippen LogP contribution is -2.49. The Morgan fingerprint density at radius 3 is 2.65 bits per heavy atom. The van der Waals surface area contributed by atoms with E-state index in [1.807, 2.05) is 13.8 Å². The molecule has 1 aliphatic rings. The summed E-state index contributed by atoms with van der Waals surface area (Å²) in [5, 5.41) is 8.58. The molecular formula is C12H23N3O2. The molecule has 0 aromatic carbocycles. The molecule has 1 rings (SSSR count). The maximum atomic E-state index is 11.7. The van der Waals surface area contributed by atoms with Crippen molar-refractivity contribution in [1.82, 2.24) is 16.0 Å². The molecule has 1 heterocycles. The summed E-state index contributed by atoms with van der Waals surface area (Å²) >= 11 is 0. The van der Waals surface area contributed by atoms with E-state index in [9.17, 15) is 9.59 Å². The molecule has 17 heavy (non-hydrogen) atoms. The zero-order valence-corrected chi connectivity index (χ0v) is 10.7. The molecule has 0 saturated carbocycles. The summed E-state index contributed by atoms with van der Waals surface area (Å²) in [6.45, 7) is 5.67. The number of carbonyl (C=O) groups is 2. The highest BCUT2D eigenvalue weighted by Crippen LogP contribution is 2.06. The molecule has 1 fully saturated rings. The molecule has 1 atom stereocenters. The molecule has 0 aromatic heterocycles. The van der Waals surface area contributed by atoms with Crippen molar-refractivity contribution >= 4 is 11.8 Å². The molecule has 1 aliphatic heterocycles. The lowest BCUT2D eigenvalue weighted by atomic mass is 10.0. The Balaban J connectivity index is 2.16. The van der Waals surface area contributed by atoms with Gasteiger partial charge in [0, 0.05) is 6.54 Å². The van der Waals surface area contributed by atoms with Crippen LogP contribution in [0.15, 0.2) is 0 Å². The van der Waals surface area contributed by atoms with Gasteiger partial charge in [0.2, 0.25) is 11.8 Å². The van der Waals surface area contributed by atoms with Crippen LogP contribution in [0.1, 0.15) is 33.1 Å². The second kappa shape index (κ2) is 7.27. The quantitative estimate of drug-likeness (QED) is 0.635. The fourth-order valence-electron chi connectivity index (χ4n) is 1.75. The normalized spacial score (nSPS) is 20.1. The minimum Gasteiger partial charge on any atom is -0.354 e. The summed E-state index contributed by atoms with van der Waals surface area (Å²) in [7, 11) is 0. The third-order valence-corrected chi connectivity index (χ3v) is 2.76. The van der Waals surface area contributed by atoms with Gasteiger partial charge in [-0.25, -0.2) is 0 Å². The van der Waals surface area contributed by atoms with Crippen molar-refractivity contribution in [3.63, 3.8) is 0 Å². The van der Waals surface area contributed by atoms with Crippen molar-refractivity contribution in [2.24, 2.45) is 5.92 Å². The predicted molar refractivity (Wildman–Crippen MR) is 66.5 cm³/mol. The van der Waals surface area contributed by atoms with Gasteiger partial charge in [0.1, 0.15) is 0 Å². The van der Waals surface area contributed by atoms with Gasteiger partial charge in [-0.15, -0.1) is 0 Å². The highest BCUT2D eigenvalue weighted by atomic mass is 16.2. The van der Waals surface area contributed by atoms with Crippen molar-refractivity contribution in [3.05, 3.63) is 0 Å². The van der Waals surface area contributed by atoms with Gasteiger partial charge in [0.15, 0.2) is 0 Å². The first kappa shape index (κ1) is 14.0. The molecule has 0 aliphatic carbocycles. The molecule has 0 radical (unpaired) electrons. The van der Waals surface area contributed by atoms with Crippen LogP contribution >= 0.6 is 0 Å². The van der Waals surface area contributed by atoms with Crippen molar-refractivity contribution in [3.8, 4) is 0 Å². The van der Waals surface area contributed by atoms with Crippen LogP contribution in [0, 0.1) is 5.92 Å². The number of piperidine rings is 1. The Morgan fingerprint density at radius 2 is 2.06 bits per heavy atom. The van der Waals surface area contributed by atoms with Crippen molar-refractivity contribution in [1.29, 1.82) is 0 Å². The Bertz CT molecular complexity index is 260. The number of nitrogens with one attached hydrogen (secondary N) is 3. The molecule has 0 unspecified atom stereocenters. The number of hydrogen-bond donors (Lipinski definition) is 3. The first-order valence-corrected chi connectivity index (χ1v) is 6.37. The van der Waals surface area contributed by atoms with Gasteiger partial charge in [-0.2, -0.15) is 0 Å². The van der Waals surface area contributed by atoms with Crippen LogP contribution in [0.2, 0.25) is 0 Å². The lowest BCUT2D eigenvalue weighted by molar-refractivity contribution is -0.127. The summed E-state index contributed by atoms with van der Waals surface area (Å²) < 4.78 is 0. The summed E-state index contributed by atoms with van der Waals surface area (Å²) in [6, 6.07) is -0.123. The van der Waals surface area contributed by atoms with Crippen molar-refractivity contribution in [2.45, 2.75) is 39.2 Å². The summed E-state index contributed by atoms with van der Waals surface area (Å²) in [6.07, 6.45) is 3.06. The Hall–Kier alpha value is -1.10. The molecule has 0 bridgehead atoms. The van der Waals surface area contributed by atoms with Crippen LogP contribution in [-0.2, 0) is 9.59 Å². The third-order valence-electron chi connectivity index (χ3n) is 2.76. The van der Waals surface area contributed by atoms with Gasteiger partial charge < -0.3 is 16.0 Å². The van der Waals surface area contributed by atoms with E-state index < -0.39 is 0 Å². The predicted octanol–water partition coefficient (Wildman–Crippen LogP) is 0.0169. The van der Waals surface area contributed by atoms with Crippen molar-refractivity contribution < 1.29 is 9.59 Å². The van der Waals surface area contributed by atoms with Crippen LogP contribution in [0.3, 0.4) is 0 Å². The molecule has 98 valence electrons. The van der Waals surface area contributed by atoms with Gasteiger partial charge in [0.25, 0.3) is 0 Å². The number of hydrogen-bond acceptors (Lipinski definition) is 3. The van der Waals surface area contributed by atoms with E-state index in [2.05, 4.69) is 16.0 Å². The number of amides is 2. The van der Waals surface area contributed by atoms with Gasteiger partial charge in [-0.1, -0.05) is 20.3 Å². The second-order valence-corrected chi connectivity index (χ2v) is 4.92. The maximum absolute atomic E-state index is 11.7. The van der Waals surface area contributed by atoms with E-state index in [0.29, 0.717) is 12.5 Å². The largest absolute Gasteiger partial charge is 0.354 e. The molecule has 0 aromatic rings. The van der Waals surface area contributed by atoms with Crippen LogP contribution in [-0.4, -0.2) is 37.5 Å². The summed E-state index contributed by atoms with van der Waals surface area (Å²) in [5.41, 5.74) is 0. The maximum Gasteiger partial charge on any atom is 0.239 e. The fraction of sp³-hybridized carbons (Fsp3) is 0.833. The fourth-order valence-corrected chi connectivity index (χ4v) is 1.75. The lowest BCUT2D eigenvalue weighted by Gasteiger charge is -2.22. The van der Waals surface area contributed by atoms with Gasteiger partial charge in [-0.05, 0) is 25.3 Å². The van der Waals surface area contributed by atoms with E-state index in [4.69, 9.17) is 0 Å². The zero-order chi connectivity index (χ0) is 12.7. The monoisotopic (exact) mass is 241 g/mol. The summed E-state index contributed by atoms with van der Waals surface area (Å²) in [4.78, 5) is 23.1. The Labute approximate surface area is 103 Å². The molecule has 1 saturated heterocycles. The Kier molecular flexibility index (Phi) is 5.97. The second-order valence-electron chi connectivity index (χ2n) is 4.92. The van der Waals surface area contributed by atoms with E-state index >= 15 is 0 Å². The first-order chi connectivity index (χ1) is 8.09. The van der Waals surface area contributed by atoms with Crippen molar-refractivity contribution in [2.75, 3.05) is 19.6 Å². The van der Waals surface area contributed by atoms with Crippen LogP contribution in [0.4, 0.5) is 0 Å². The molecule has 5 nitrogen and oxygen atoms in total. The molecule has 5 heteroatoms. The standard InChI is InChI=1S/C12H23N3O2/c1-9(2)7-14-11(16)8-15-12(17)10-5-3-4-6-13-10/h9-10,13H,3-8H2,1-2H3,(H,14,16)(H,15,17)/t10-/m0/s1. The number of rotatable bonds is 5. The average molecular weight is 241 g/mol. The summed E-state index contributed by atoms with van der Waals surface area (Å²) in [5.74, 6) is 0.238. The molecular weight excluding hydrogens is 218 g/mol. The van der Waals surface area contributed by atoms with Crippen LogP contribution < -0.4 is 16.0 Å². The van der Waals surface area contributed by atoms with Gasteiger partial charge >= 0.3 is 0 Å². The van der Waals surface area contributed by atoms with E-state index in [0.717, 1.165) is 25.8 Å².